The Bertz CT molecular complexity index is 1020. The van der Waals surface area contributed by atoms with Crippen molar-refractivity contribution in [1.82, 2.24) is 14.7 Å². The van der Waals surface area contributed by atoms with Crippen LogP contribution in [-0.2, 0) is 29.2 Å². The minimum absolute atomic E-state index is 0.0764. The first kappa shape index (κ1) is 22.9. The van der Waals surface area contributed by atoms with Gasteiger partial charge in [-0.3, -0.25) is 9.48 Å². The first-order valence-electron chi connectivity index (χ1n) is 11.3. The summed E-state index contributed by atoms with van der Waals surface area (Å²) in [6.45, 7) is 4.59. The Hall–Kier alpha value is -3.26. The average molecular weight is 454 g/mol. The molecule has 3 heterocycles. The van der Waals surface area contributed by atoms with Gasteiger partial charge in [0.1, 0.15) is 12.4 Å². The lowest BCUT2D eigenvalue weighted by Gasteiger charge is -2.26. The predicted octanol–water partition coefficient (Wildman–Crippen LogP) is 3.97. The summed E-state index contributed by atoms with van der Waals surface area (Å²) in [7, 11) is 1.61. The number of carbonyl (C=O) groups excluding carboxylic acids is 1. The second kappa shape index (κ2) is 11.0. The molecule has 176 valence electrons. The van der Waals surface area contributed by atoms with Gasteiger partial charge in [0, 0.05) is 38.9 Å². The number of furan rings is 1. The number of ether oxygens (including phenoxy) is 3. The number of hydrogen-bond donors (Lipinski definition) is 0. The van der Waals surface area contributed by atoms with Crippen LogP contribution in [0.3, 0.4) is 0 Å². The van der Waals surface area contributed by atoms with Crippen LogP contribution in [0.25, 0.3) is 0 Å². The van der Waals surface area contributed by atoms with Gasteiger partial charge >= 0.3 is 0 Å². The molecule has 1 aliphatic heterocycles. The van der Waals surface area contributed by atoms with E-state index in [1.165, 1.54) is 0 Å². The van der Waals surface area contributed by atoms with E-state index >= 15 is 0 Å². The molecule has 1 saturated heterocycles. The van der Waals surface area contributed by atoms with E-state index < -0.39 is 0 Å². The van der Waals surface area contributed by atoms with Gasteiger partial charge in [-0.1, -0.05) is 6.07 Å². The van der Waals surface area contributed by atoms with E-state index in [-0.39, 0.29) is 12.0 Å². The third-order valence-electron chi connectivity index (χ3n) is 5.68. The number of carbonyl (C=O) groups is 1. The van der Waals surface area contributed by atoms with Gasteiger partial charge in [-0.05, 0) is 55.7 Å². The van der Waals surface area contributed by atoms with Crippen LogP contribution in [0.1, 0.15) is 36.3 Å². The lowest BCUT2D eigenvalue weighted by molar-refractivity contribution is -0.133. The molecular formula is C25H31N3O5. The highest BCUT2D eigenvalue weighted by atomic mass is 16.5. The lowest BCUT2D eigenvalue weighted by atomic mass is 10.1. The molecule has 1 fully saturated rings. The number of rotatable bonds is 11. The molecule has 0 spiro atoms. The Labute approximate surface area is 194 Å². The summed E-state index contributed by atoms with van der Waals surface area (Å²) in [5, 5.41) is 4.38. The Morgan fingerprint density at radius 2 is 2.18 bits per heavy atom. The summed E-state index contributed by atoms with van der Waals surface area (Å²) in [5.41, 5.74) is 1.91. The summed E-state index contributed by atoms with van der Waals surface area (Å²) in [5.74, 6) is 2.05. The van der Waals surface area contributed by atoms with Gasteiger partial charge in [0.2, 0.25) is 5.91 Å². The van der Waals surface area contributed by atoms with E-state index in [0.717, 1.165) is 36.5 Å². The maximum absolute atomic E-state index is 13.2. The molecule has 1 unspecified atom stereocenters. The molecule has 0 N–H and O–H groups in total. The van der Waals surface area contributed by atoms with Gasteiger partial charge in [0.25, 0.3) is 0 Å². The molecule has 0 aliphatic carbocycles. The zero-order chi connectivity index (χ0) is 23.0. The number of nitrogens with zero attached hydrogens (tertiary/aromatic N) is 3. The van der Waals surface area contributed by atoms with E-state index in [0.29, 0.717) is 44.2 Å². The molecule has 1 aliphatic rings. The highest BCUT2D eigenvalue weighted by Crippen LogP contribution is 2.30. The number of hydrogen-bond acceptors (Lipinski definition) is 6. The molecule has 0 saturated carbocycles. The maximum atomic E-state index is 13.2. The van der Waals surface area contributed by atoms with Crippen molar-refractivity contribution < 1.29 is 23.4 Å². The molecule has 0 bridgehead atoms. The van der Waals surface area contributed by atoms with Crippen molar-refractivity contribution in [1.29, 1.82) is 0 Å². The van der Waals surface area contributed by atoms with Gasteiger partial charge < -0.3 is 23.5 Å². The third kappa shape index (κ3) is 6.38. The highest BCUT2D eigenvalue weighted by Gasteiger charge is 2.23. The molecule has 1 aromatic carbocycles. The third-order valence-corrected chi connectivity index (χ3v) is 5.68. The van der Waals surface area contributed by atoms with E-state index in [4.69, 9.17) is 18.6 Å². The van der Waals surface area contributed by atoms with Crippen molar-refractivity contribution in [2.45, 2.75) is 52.0 Å². The smallest absolute Gasteiger partial charge is 0.224 e. The molecule has 0 radical (unpaired) electrons. The van der Waals surface area contributed by atoms with Crippen LogP contribution in [0.4, 0.5) is 0 Å². The van der Waals surface area contributed by atoms with Crippen molar-refractivity contribution in [2.75, 3.05) is 20.3 Å². The van der Waals surface area contributed by atoms with Crippen molar-refractivity contribution >= 4 is 5.91 Å². The number of benzene rings is 1. The zero-order valence-corrected chi connectivity index (χ0v) is 19.2. The van der Waals surface area contributed by atoms with Crippen molar-refractivity contribution in [3.05, 3.63) is 65.9 Å². The van der Waals surface area contributed by atoms with Crippen LogP contribution in [0, 0.1) is 6.92 Å². The van der Waals surface area contributed by atoms with E-state index in [9.17, 15) is 4.79 Å². The first-order valence-corrected chi connectivity index (χ1v) is 11.3. The molecule has 1 amide bonds. The van der Waals surface area contributed by atoms with Crippen molar-refractivity contribution in [3.63, 3.8) is 0 Å². The van der Waals surface area contributed by atoms with Gasteiger partial charge in [0.05, 0.1) is 25.2 Å². The zero-order valence-electron chi connectivity index (χ0n) is 19.2. The van der Waals surface area contributed by atoms with Gasteiger partial charge in [-0.25, -0.2) is 0 Å². The summed E-state index contributed by atoms with van der Waals surface area (Å²) < 4.78 is 24.4. The monoisotopic (exact) mass is 453 g/mol. The molecule has 1 atom stereocenters. The predicted molar refractivity (Wildman–Crippen MR) is 122 cm³/mol. The van der Waals surface area contributed by atoms with Crippen LogP contribution in [0.15, 0.2) is 53.3 Å². The molecule has 3 aromatic rings. The number of amides is 1. The minimum atomic E-state index is 0.0764. The molecule has 33 heavy (non-hydrogen) atoms. The van der Waals surface area contributed by atoms with Crippen molar-refractivity contribution in [3.8, 4) is 11.5 Å². The van der Waals surface area contributed by atoms with Crippen LogP contribution in [0.5, 0.6) is 11.5 Å². The Kier molecular flexibility index (Phi) is 7.67. The Morgan fingerprint density at radius 1 is 1.27 bits per heavy atom. The van der Waals surface area contributed by atoms with E-state index in [1.54, 1.807) is 13.4 Å². The number of methoxy groups -OCH3 is 1. The molecule has 2 aromatic heterocycles. The van der Waals surface area contributed by atoms with Crippen molar-refractivity contribution in [2.24, 2.45) is 0 Å². The van der Waals surface area contributed by atoms with E-state index in [2.05, 4.69) is 5.10 Å². The fourth-order valence-electron chi connectivity index (χ4n) is 3.94. The van der Waals surface area contributed by atoms with Gasteiger partial charge in [-0.15, -0.1) is 0 Å². The SMILES string of the molecule is COc1ccc(CN(CC2CCCO2)C(=O)CCn2ccc(C)n2)cc1OCc1ccco1. The molecule has 8 heteroatoms. The number of aryl methyl sites for hydroxylation is 2. The summed E-state index contributed by atoms with van der Waals surface area (Å²) >= 11 is 0. The topological polar surface area (TPSA) is 79.0 Å². The fourth-order valence-corrected chi connectivity index (χ4v) is 3.94. The van der Waals surface area contributed by atoms with Crippen LogP contribution in [-0.4, -0.2) is 47.0 Å². The standard InChI is InChI=1S/C25H31N3O5/c1-19-9-11-28(26-19)12-10-25(29)27(17-21-5-3-13-31-21)16-20-7-8-23(30-2)24(15-20)33-18-22-6-4-14-32-22/h4,6-9,11,14-15,21H,3,5,10,12-13,16-18H2,1-2H3. The summed E-state index contributed by atoms with van der Waals surface area (Å²) in [4.78, 5) is 15.0. The Morgan fingerprint density at radius 3 is 2.88 bits per heavy atom. The maximum Gasteiger partial charge on any atom is 0.224 e. The van der Waals surface area contributed by atoms with Crippen LogP contribution in [0.2, 0.25) is 0 Å². The average Bonchev–Trinajstić information content (AvgIpc) is 3.59. The van der Waals surface area contributed by atoms with E-state index in [1.807, 2.05) is 59.1 Å². The van der Waals surface area contributed by atoms with Gasteiger partial charge in [0.15, 0.2) is 11.5 Å². The fraction of sp³-hybridized carbons (Fsp3) is 0.440. The summed E-state index contributed by atoms with van der Waals surface area (Å²) in [6.07, 6.45) is 5.99. The van der Waals surface area contributed by atoms with Crippen LogP contribution < -0.4 is 9.47 Å². The first-order chi connectivity index (χ1) is 16.1. The molecule has 4 rings (SSSR count). The minimum Gasteiger partial charge on any atom is -0.493 e. The second-order valence-electron chi connectivity index (χ2n) is 8.23. The summed E-state index contributed by atoms with van der Waals surface area (Å²) in [6, 6.07) is 11.4. The van der Waals surface area contributed by atoms with Gasteiger partial charge in [-0.2, -0.15) is 5.10 Å². The lowest BCUT2D eigenvalue weighted by Crippen LogP contribution is -2.37. The second-order valence-corrected chi connectivity index (χ2v) is 8.23. The van der Waals surface area contributed by atoms with Crippen LogP contribution >= 0.6 is 0 Å². The highest BCUT2D eigenvalue weighted by molar-refractivity contribution is 5.76. The number of aromatic nitrogens is 2. The Balaban J connectivity index is 1.45. The molecule has 8 nitrogen and oxygen atoms in total. The largest absolute Gasteiger partial charge is 0.493 e. The normalized spacial score (nSPS) is 15.5. The quantitative estimate of drug-likeness (QED) is 0.437. The molecular weight excluding hydrogens is 422 g/mol.